The molecule has 0 aliphatic carbocycles. The summed E-state index contributed by atoms with van der Waals surface area (Å²) in [5, 5.41) is 5.68. The fraction of sp³-hybridized carbons (Fsp3) is 0.143. The first-order chi connectivity index (χ1) is 9.11. The lowest BCUT2D eigenvalue weighted by atomic mass is 10.1. The van der Waals surface area contributed by atoms with Gasteiger partial charge in [-0.05, 0) is 42.6 Å². The zero-order chi connectivity index (χ0) is 13.8. The monoisotopic (exact) mass is 275 g/mol. The molecule has 0 bridgehead atoms. The number of nitrogens with one attached hydrogen (secondary N) is 1. The number of hydrogen-bond donors (Lipinski definition) is 1. The van der Waals surface area contributed by atoms with Crippen molar-refractivity contribution in [2.24, 2.45) is 0 Å². The average molecular weight is 275 g/mol. The Morgan fingerprint density at radius 1 is 1.16 bits per heavy atom. The number of anilines is 2. The lowest BCUT2D eigenvalue weighted by Gasteiger charge is -2.06. The van der Waals surface area contributed by atoms with E-state index in [0.29, 0.717) is 11.1 Å². The molecule has 19 heavy (non-hydrogen) atoms. The number of benzene rings is 1. The van der Waals surface area contributed by atoms with Crippen molar-refractivity contribution < 1.29 is 14.3 Å². The molecule has 0 unspecified atom stereocenters. The Morgan fingerprint density at radius 3 is 2.42 bits per heavy atom. The SMILES string of the molecule is COC(=O)c1ccsc1Nc1ccc(C(C)=O)cc1. The van der Waals surface area contributed by atoms with E-state index in [1.54, 1.807) is 30.3 Å². The summed E-state index contributed by atoms with van der Waals surface area (Å²) < 4.78 is 4.71. The molecule has 5 heteroatoms. The Labute approximate surface area is 115 Å². The highest BCUT2D eigenvalue weighted by atomic mass is 32.1. The minimum atomic E-state index is -0.371. The van der Waals surface area contributed by atoms with Crippen molar-refractivity contribution in [3.05, 3.63) is 46.8 Å². The number of methoxy groups -OCH3 is 1. The van der Waals surface area contributed by atoms with E-state index in [0.717, 1.165) is 10.7 Å². The van der Waals surface area contributed by atoms with E-state index in [1.807, 2.05) is 5.38 Å². The highest BCUT2D eigenvalue weighted by molar-refractivity contribution is 7.14. The van der Waals surface area contributed by atoms with Crippen molar-refractivity contribution in [3.8, 4) is 0 Å². The number of rotatable bonds is 4. The molecule has 0 aliphatic rings. The Kier molecular flexibility index (Phi) is 3.97. The van der Waals surface area contributed by atoms with Crippen LogP contribution in [0, 0.1) is 0 Å². The van der Waals surface area contributed by atoms with Gasteiger partial charge in [0.2, 0.25) is 0 Å². The second kappa shape index (κ2) is 5.67. The second-order valence-corrected chi connectivity index (χ2v) is 4.83. The summed E-state index contributed by atoms with van der Waals surface area (Å²) >= 11 is 1.42. The summed E-state index contributed by atoms with van der Waals surface area (Å²) in [6.07, 6.45) is 0. The first-order valence-corrected chi connectivity index (χ1v) is 6.53. The van der Waals surface area contributed by atoms with Crippen molar-refractivity contribution in [1.82, 2.24) is 0 Å². The number of esters is 1. The summed E-state index contributed by atoms with van der Waals surface area (Å²) in [6, 6.07) is 8.81. The summed E-state index contributed by atoms with van der Waals surface area (Å²) in [4.78, 5) is 22.7. The fourth-order valence-electron chi connectivity index (χ4n) is 1.60. The van der Waals surface area contributed by atoms with Gasteiger partial charge in [-0.1, -0.05) is 0 Å². The Morgan fingerprint density at radius 2 is 1.84 bits per heavy atom. The average Bonchev–Trinajstić information content (AvgIpc) is 2.86. The van der Waals surface area contributed by atoms with Gasteiger partial charge in [0.1, 0.15) is 5.00 Å². The topological polar surface area (TPSA) is 55.4 Å². The van der Waals surface area contributed by atoms with Gasteiger partial charge in [0.15, 0.2) is 5.78 Å². The predicted molar refractivity (Wildman–Crippen MR) is 75.4 cm³/mol. The third kappa shape index (κ3) is 3.00. The summed E-state index contributed by atoms with van der Waals surface area (Å²) in [7, 11) is 1.35. The van der Waals surface area contributed by atoms with Crippen LogP contribution in [0.2, 0.25) is 0 Å². The molecule has 2 rings (SSSR count). The van der Waals surface area contributed by atoms with Gasteiger partial charge in [-0.25, -0.2) is 4.79 Å². The first-order valence-electron chi connectivity index (χ1n) is 5.65. The predicted octanol–water partition coefficient (Wildman–Crippen LogP) is 3.48. The van der Waals surface area contributed by atoms with E-state index in [4.69, 9.17) is 4.74 Å². The Hall–Kier alpha value is -2.14. The van der Waals surface area contributed by atoms with Crippen LogP contribution in [0.3, 0.4) is 0 Å². The molecule has 4 nitrogen and oxygen atoms in total. The molecule has 0 radical (unpaired) electrons. The zero-order valence-electron chi connectivity index (χ0n) is 10.6. The highest BCUT2D eigenvalue weighted by Crippen LogP contribution is 2.27. The van der Waals surface area contributed by atoms with Crippen molar-refractivity contribution in [3.63, 3.8) is 0 Å². The molecule has 1 aromatic carbocycles. The van der Waals surface area contributed by atoms with Crippen LogP contribution in [0.4, 0.5) is 10.7 Å². The molecule has 0 atom stereocenters. The van der Waals surface area contributed by atoms with E-state index in [2.05, 4.69) is 5.32 Å². The molecule has 1 N–H and O–H groups in total. The third-order valence-corrected chi connectivity index (χ3v) is 3.45. The largest absolute Gasteiger partial charge is 0.465 e. The van der Waals surface area contributed by atoms with Crippen molar-refractivity contribution in [2.45, 2.75) is 6.92 Å². The van der Waals surface area contributed by atoms with Crippen LogP contribution in [0.25, 0.3) is 0 Å². The van der Waals surface area contributed by atoms with Gasteiger partial charge >= 0.3 is 5.97 Å². The summed E-state index contributed by atoms with van der Waals surface area (Å²) in [5.74, 6) is -0.345. The molecule has 1 heterocycles. The van der Waals surface area contributed by atoms with Crippen molar-refractivity contribution >= 4 is 33.8 Å². The molecule has 0 saturated carbocycles. The minimum absolute atomic E-state index is 0.0259. The summed E-state index contributed by atoms with van der Waals surface area (Å²) in [5.41, 5.74) is 1.98. The van der Waals surface area contributed by atoms with E-state index in [1.165, 1.54) is 25.4 Å². The van der Waals surface area contributed by atoms with E-state index in [9.17, 15) is 9.59 Å². The molecule has 0 fully saturated rings. The smallest absolute Gasteiger partial charge is 0.340 e. The highest BCUT2D eigenvalue weighted by Gasteiger charge is 2.13. The van der Waals surface area contributed by atoms with E-state index < -0.39 is 0 Å². The number of Topliss-reactive ketones (excluding diaryl/α,β-unsaturated/α-hetero) is 1. The van der Waals surface area contributed by atoms with Gasteiger partial charge in [-0.2, -0.15) is 0 Å². The van der Waals surface area contributed by atoms with Gasteiger partial charge in [0.05, 0.1) is 12.7 Å². The van der Waals surface area contributed by atoms with Gasteiger partial charge in [-0.3, -0.25) is 4.79 Å². The maximum Gasteiger partial charge on any atom is 0.340 e. The molecule has 98 valence electrons. The molecule has 0 amide bonds. The molecule has 0 aliphatic heterocycles. The lowest BCUT2D eigenvalue weighted by Crippen LogP contribution is -2.02. The number of carbonyl (C=O) groups is 2. The zero-order valence-corrected chi connectivity index (χ0v) is 11.4. The minimum Gasteiger partial charge on any atom is -0.465 e. The van der Waals surface area contributed by atoms with E-state index in [-0.39, 0.29) is 11.8 Å². The molecule has 0 saturated heterocycles. The Balaban J connectivity index is 2.19. The fourth-order valence-corrected chi connectivity index (χ4v) is 2.39. The van der Waals surface area contributed by atoms with Gasteiger partial charge in [0.25, 0.3) is 0 Å². The van der Waals surface area contributed by atoms with Crippen LogP contribution in [0.5, 0.6) is 0 Å². The van der Waals surface area contributed by atoms with Gasteiger partial charge in [-0.15, -0.1) is 11.3 Å². The number of thiophene rings is 1. The van der Waals surface area contributed by atoms with Gasteiger partial charge in [0, 0.05) is 11.3 Å². The quantitative estimate of drug-likeness (QED) is 0.685. The lowest BCUT2D eigenvalue weighted by molar-refractivity contribution is 0.0602. The van der Waals surface area contributed by atoms with Crippen molar-refractivity contribution in [2.75, 3.05) is 12.4 Å². The third-order valence-electron chi connectivity index (χ3n) is 2.62. The standard InChI is InChI=1S/C14H13NO3S/c1-9(16)10-3-5-11(6-4-10)15-13-12(7-8-19-13)14(17)18-2/h3-8,15H,1-2H3. The van der Waals surface area contributed by atoms with Crippen LogP contribution < -0.4 is 5.32 Å². The van der Waals surface area contributed by atoms with Crippen LogP contribution in [-0.4, -0.2) is 18.9 Å². The van der Waals surface area contributed by atoms with Crippen molar-refractivity contribution in [1.29, 1.82) is 0 Å². The van der Waals surface area contributed by atoms with Crippen LogP contribution in [0.15, 0.2) is 35.7 Å². The Bertz CT molecular complexity index is 601. The molecule has 0 spiro atoms. The number of ketones is 1. The first kappa shape index (κ1) is 13.3. The number of ether oxygens (including phenoxy) is 1. The van der Waals surface area contributed by atoms with Crippen LogP contribution >= 0.6 is 11.3 Å². The van der Waals surface area contributed by atoms with E-state index >= 15 is 0 Å². The maximum absolute atomic E-state index is 11.5. The second-order valence-electron chi connectivity index (χ2n) is 3.91. The number of hydrogen-bond acceptors (Lipinski definition) is 5. The van der Waals surface area contributed by atoms with Crippen LogP contribution in [0.1, 0.15) is 27.6 Å². The molecule has 2 aromatic rings. The van der Waals surface area contributed by atoms with Gasteiger partial charge < -0.3 is 10.1 Å². The molecule has 1 aromatic heterocycles. The number of carbonyl (C=O) groups excluding carboxylic acids is 2. The molecular weight excluding hydrogens is 262 g/mol. The van der Waals surface area contributed by atoms with Crippen LogP contribution in [-0.2, 0) is 4.74 Å². The summed E-state index contributed by atoms with van der Waals surface area (Å²) in [6.45, 7) is 1.52. The maximum atomic E-state index is 11.5. The molecular formula is C14H13NO3S. The normalized spacial score (nSPS) is 10.0.